The zero-order valence-corrected chi connectivity index (χ0v) is 10.5. The summed E-state index contributed by atoms with van der Waals surface area (Å²) >= 11 is 1.68. The lowest BCUT2D eigenvalue weighted by atomic mass is 10.2. The normalized spacial score (nSPS) is 10.2. The number of hydrogen-bond acceptors (Lipinski definition) is 4. The summed E-state index contributed by atoms with van der Waals surface area (Å²) in [5.41, 5.74) is 6.66. The van der Waals surface area contributed by atoms with Crippen molar-refractivity contribution in [3.8, 4) is 11.5 Å². The molecule has 0 aliphatic carbocycles. The minimum Gasteiger partial charge on any atom is -0.497 e. The van der Waals surface area contributed by atoms with Crippen LogP contribution in [0.2, 0.25) is 0 Å². The van der Waals surface area contributed by atoms with Gasteiger partial charge in [-0.25, -0.2) is 0 Å². The van der Waals surface area contributed by atoms with Gasteiger partial charge in [-0.05, 0) is 17.5 Å². The zero-order chi connectivity index (χ0) is 12.1. The van der Waals surface area contributed by atoms with Gasteiger partial charge < -0.3 is 15.2 Å². The second kappa shape index (κ2) is 5.70. The standard InChI is InChI=1S/C13H15NO2S/c1-15-11-5-4-10(8-14)13(7-11)16-9-12-3-2-6-17-12/h2-7H,8-9,14H2,1H3. The molecule has 2 aromatic rings. The molecule has 0 amide bonds. The highest BCUT2D eigenvalue weighted by Gasteiger charge is 2.05. The molecule has 0 aliphatic heterocycles. The lowest BCUT2D eigenvalue weighted by Crippen LogP contribution is -2.02. The monoisotopic (exact) mass is 249 g/mol. The van der Waals surface area contributed by atoms with Gasteiger partial charge in [-0.15, -0.1) is 11.3 Å². The van der Waals surface area contributed by atoms with Crippen LogP contribution < -0.4 is 15.2 Å². The predicted molar refractivity (Wildman–Crippen MR) is 69.5 cm³/mol. The van der Waals surface area contributed by atoms with Crippen LogP contribution in [0.15, 0.2) is 35.7 Å². The van der Waals surface area contributed by atoms with Gasteiger partial charge in [0.25, 0.3) is 0 Å². The summed E-state index contributed by atoms with van der Waals surface area (Å²) < 4.78 is 10.9. The minimum atomic E-state index is 0.462. The molecule has 3 nitrogen and oxygen atoms in total. The maximum Gasteiger partial charge on any atom is 0.128 e. The van der Waals surface area contributed by atoms with Crippen molar-refractivity contribution < 1.29 is 9.47 Å². The molecule has 0 fully saturated rings. The van der Waals surface area contributed by atoms with Crippen molar-refractivity contribution in [3.05, 3.63) is 46.2 Å². The summed E-state index contributed by atoms with van der Waals surface area (Å²) in [5.74, 6) is 1.57. The summed E-state index contributed by atoms with van der Waals surface area (Å²) in [7, 11) is 1.64. The van der Waals surface area contributed by atoms with E-state index in [1.54, 1.807) is 18.4 Å². The van der Waals surface area contributed by atoms with E-state index in [2.05, 4.69) is 0 Å². The van der Waals surface area contributed by atoms with E-state index in [0.29, 0.717) is 13.2 Å². The van der Waals surface area contributed by atoms with Crippen LogP contribution in [-0.4, -0.2) is 7.11 Å². The third-order valence-electron chi connectivity index (χ3n) is 2.44. The van der Waals surface area contributed by atoms with E-state index in [4.69, 9.17) is 15.2 Å². The third-order valence-corrected chi connectivity index (χ3v) is 3.29. The van der Waals surface area contributed by atoms with Crippen molar-refractivity contribution in [2.45, 2.75) is 13.2 Å². The SMILES string of the molecule is COc1ccc(CN)c(OCc2cccs2)c1. The molecule has 1 aromatic carbocycles. The number of nitrogens with two attached hydrogens (primary N) is 1. The lowest BCUT2D eigenvalue weighted by Gasteiger charge is -2.11. The maximum absolute atomic E-state index is 5.77. The fourth-order valence-corrected chi connectivity index (χ4v) is 2.12. The van der Waals surface area contributed by atoms with Crippen molar-refractivity contribution >= 4 is 11.3 Å². The highest BCUT2D eigenvalue weighted by atomic mass is 32.1. The molecule has 90 valence electrons. The molecule has 0 aliphatic rings. The lowest BCUT2D eigenvalue weighted by molar-refractivity contribution is 0.304. The van der Waals surface area contributed by atoms with Crippen molar-refractivity contribution in [3.63, 3.8) is 0 Å². The first-order valence-electron chi connectivity index (χ1n) is 5.35. The molecule has 0 spiro atoms. The van der Waals surface area contributed by atoms with E-state index in [-0.39, 0.29) is 0 Å². The first kappa shape index (κ1) is 12.0. The van der Waals surface area contributed by atoms with Crippen molar-refractivity contribution in [2.24, 2.45) is 5.73 Å². The van der Waals surface area contributed by atoms with E-state index in [1.165, 1.54) is 4.88 Å². The molecule has 0 radical (unpaired) electrons. The number of ether oxygens (including phenoxy) is 2. The van der Waals surface area contributed by atoms with E-state index in [0.717, 1.165) is 17.1 Å². The Balaban J connectivity index is 2.12. The molecule has 0 bridgehead atoms. The van der Waals surface area contributed by atoms with Crippen LogP contribution in [-0.2, 0) is 13.2 Å². The number of methoxy groups -OCH3 is 1. The van der Waals surface area contributed by atoms with Gasteiger partial charge >= 0.3 is 0 Å². The second-order valence-corrected chi connectivity index (χ2v) is 4.58. The smallest absolute Gasteiger partial charge is 0.128 e. The molecule has 17 heavy (non-hydrogen) atoms. The van der Waals surface area contributed by atoms with Crippen LogP contribution in [0.5, 0.6) is 11.5 Å². The molecule has 0 atom stereocenters. The van der Waals surface area contributed by atoms with Gasteiger partial charge in [0, 0.05) is 23.1 Å². The quantitative estimate of drug-likeness (QED) is 0.886. The molecule has 0 unspecified atom stereocenters. The van der Waals surface area contributed by atoms with Crippen molar-refractivity contribution in [1.29, 1.82) is 0 Å². The Morgan fingerprint density at radius 2 is 2.18 bits per heavy atom. The molecule has 2 rings (SSSR count). The Kier molecular flexibility index (Phi) is 4.01. The van der Waals surface area contributed by atoms with Gasteiger partial charge in [0.15, 0.2) is 0 Å². The van der Waals surface area contributed by atoms with E-state index >= 15 is 0 Å². The molecule has 4 heteroatoms. The molecule has 1 heterocycles. The second-order valence-electron chi connectivity index (χ2n) is 3.55. The summed E-state index contributed by atoms with van der Waals surface area (Å²) in [6.45, 7) is 1.03. The van der Waals surface area contributed by atoms with Crippen LogP contribution in [0.4, 0.5) is 0 Å². The van der Waals surface area contributed by atoms with Gasteiger partial charge in [0.2, 0.25) is 0 Å². The van der Waals surface area contributed by atoms with Gasteiger partial charge in [-0.1, -0.05) is 12.1 Å². The minimum absolute atomic E-state index is 0.462. The predicted octanol–water partition coefficient (Wildman–Crippen LogP) is 2.79. The van der Waals surface area contributed by atoms with E-state index < -0.39 is 0 Å². The Bertz CT molecular complexity index is 468. The highest BCUT2D eigenvalue weighted by Crippen LogP contribution is 2.25. The summed E-state index contributed by atoms with van der Waals surface area (Å²) in [5, 5.41) is 2.04. The summed E-state index contributed by atoms with van der Waals surface area (Å²) in [6.07, 6.45) is 0. The van der Waals surface area contributed by atoms with Gasteiger partial charge in [0.05, 0.1) is 7.11 Å². The van der Waals surface area contributed by atoms with Gasteiger partial charge in [-0.3, -0.25) is 0 Å². The van der Waals surface area contributed by atoms with Gasteiger partial charge in [-0.2, -0.15) is 0 Å². The molecular formula is C13H15NO2S. The highest BCUT2D eigenvalue weighted by molar-refractivity contribution is 7.09. The topological polar surface area (TPSA) is 44.5 Å². The van der Waals surface area contributed by atoms with Crippen LogP contribution in [0.1, 0.15) is 10.4 Å². The fraction of sp³-hybridized carbons (Fsp3) is 0.231. The number of hydrogen-bond donors (Lipinski definition) is 1. The Morgan fingerprint density at radius 3 is 2.82 bits per heavy atom. The average molecular weight is 249 g/mol. The van der Waals surface area contributed by atoms with Crippen molar-refractivity contribution in [1.82, 2.24) is 0 Å². The molecule has 1 aromatic heterocycles. The number of benzene rings is 1. The van der Waals surface area contributed by atoms with E-state index in [9.17, 15) is 0 Å². The molecule has 0 saturated carbocycles. The van der Waals surface area contributed by atoms with Crippen LogP contribution in [0, 0.1) is 0 Å². The van der Waals surface area contributed by atoms with E-state index in [1.807, 2.05) is 35.7 Å². The van der Waals surface area contributed by atoms with Gasteiger partial charge in [0.1, 0.15) is 18.1 Å². The van der Waals surface area contributed by atoms with Crippen LogP contribution in [0.25, 0.3) is 0 Å². The largest absolute Gasteiger partial charge is 0.497 e. The Morgan fingerprint density at radius 1 is 1.29 bits per heavy atom. The Hall–Kier alpha value is -1.52. The van der Waals surface area contributed by atoms with Crippen LogP contribution in [0.3, 0.4) is 0 Å². The maximum atomic E-state index is 5.77. The average Bonchev–Trinajstić information content (AvgIpc) is 2.89. The first-order valence-corrected chi connectivity index (χ1v) is 6.23. The third kappa shape index (κ3) is 2.99. The first-order chi connectivity index (χ1) is 8.33. The zero-order valence-electron chi connectivity index (χ0n) is 9.68. The fourth-order valence-electron chi connectivity index (χ4n) is 1.51. The van der Waals surface area contributed by atoms with Crippen LogP contribution >= 0.6 is 11.3 Å². The Labute approximate surface area is 105 Å². The molecule has 2 N–H and O–H groups in total. The summed E-state index contributed by atoms with van der Waals surface area (Å²) in [6, 6.07) is 9.75. The number of rotatable bonds is 5. The molecule has 0 saturated heterocycles. The van der Waals surface area contributed by atoms with Crippen molar-refractivity contribution in [2.75, 3.05) is 7.11 Å². The summed E-state index contributed by atoms with van der Waals surface area (Å²) in [4.78, 5) is 1.19. The number of thiophene rings is 1. The molecular weight excluding hydrogens is 234 g/mol.